The zero-order valence-electron chi connectivity index (χ0n) is 20.2. The maximum Gasteiger partial charge on any atom is 0.255 e. The minimum absolute atomic E-state index is 0.143. The largest absolute Gasteiger partial charge is 0.492 e. The lowest BCUT2D eigenvalue weighted by molar-refractivity contribution is -0.115. The molecule has 5 nitrogen and oxygen atoms in total. The first-order valence-electron chi connectivity index (χ1n) is 11.8. The van der Waals surface area contributed by atoms with Crippen molar-refractivity contribution >= 4 is 35.0 Å². The first-order valence-corrected chi connectivity index (χ1v) is 12.6. The van der Waals surface area contributed by atoms with Gasteiger partial charge < -0.3 is 15.4 Å². The van der Waals surface area contributed by atoms with Gasteiger partial charge in [-0.05, 0) is 67.4 Å². The van der Waals surface area contributed by atoms with E-state index in [9.17, 15) is 9.59 Å². The fourth-order valence-electron chi connectivity index (χ4n) is 3.73. The van der Waals surface area contributed by atoms with Gasteiger partial charge in [-0.3, -0.25) is 9.59 Å². The van der Waals surface area contributed by atoms with E-state index in [0.717, 1.165) is 16.0 Å². The summed E-state index contributed by atoms with van der Waals surface area (Å²) in [7, 11) is 0. The quantitative estimate of drug-likeness (QED) is 0.242. The number of carbonyl (C=O) groups excluding carboxylic acids is 2. The standard InChI is InChI=1S/C30H28N2O3S/c1-3-35-27-16-10-9-15-26(27)32-30(34)28(22-12-5-4-6-13-22)36-24-19-17-23(18-20-24)31-29(33)25-14-8-7-11-21(25)2/h4-20,28H,3H2,1-2H3,(H,31,33)(H,32,34). The molecule has 36 heavy (non-hydrogen) atoms. The van der Waals surface area contributed by atoms with Crippen LogP contribution in [0.25, 0.3) is 0 Å². The summed E-state index contributed by atoms with van der Waals surface area (Å²) < 4.78 is 5.67. The van der Waals surface area contributed by atoms with Crippen LogP contribution in [-0.4, -0.2) is 18.4 Å². The highest BCUT2D eigenvalue weighted by Gasteiger charge is 2.23. The predicted molar refractivity (Wildman–Crippen MR) is 147 cm³/mol. The van der Waals surface area contributed by atoms with Crippen LogP contribution >= 0.6 is 11.8 Å². The Morgan fingerprint density at radius 1 is 0.806 bits per heavy atom. The van der Waals surface area contributed by atoms with E-state index in [1.54, 1.807) is 0 Å². The molecule has 0 bridgehead atoms. The third-order valence-electron chi connectivity index (χ3n) is 5.54. The maximum absolute atomic E-state index is 13.4. The second kappa shape index (κ2) is 12.1. The topological polar surface area (TPSA) is 67.4 Å². The lowest BCUT2D eigenvalue weighted by Gasteiger charge is -2.19. The van der Waals surface area contributed by atoms with Crippen LogP contribution in [-0.2, 0) is 4.79 Å². The molecule has 4 aromatic rings. The van der Waals surface area contributed by atoms with E-state index in [1.807, 2.05) is 117 Å². The Morgan fingerprint density at radius 3 is 2.19 bits per heavy atom. The molecule has 0 aliphatic rings. The summed E-state index contributed by atoms with van der Waals surface area (Å²) in [6.45, 7) is 4.33. The van der Waals surface area contributed by atoms with Crippen LogP contribution < -0.4 is 15.4 Å². The lowest BCUT2D eigenvalue weighted by atomic mass is 10.1. The van der Waals surface area contributed by atoms with Crippen LogP contribution in [0.3, 0.4) is 0 Å². The number of amides is 2. The van der Waals surface area contributed by atoms with Crippen molar-refractivity contribution in [1.29, 1.82) is 0 Å². The molecule has 4 rings (SSSR count). The molecule has 0 spiro atoms. The number of benzene rings is 4. The molecule has 0 heterocycles. The summed E-state index contributed by atoms with van der Waals surface area (Å²) in [6.07, 6.45) is 0. The van der Waals surface area contributed by atoms with E-state index < -0.39 is 5.25 Å². The molecule has 0 aromatic heterocycles. The second-order valence-electron chi connectivity index (χ2n) is 8.12. The van der Waals surface area contributed by atoms with Gasteiger partial charge in [-0.2, -0.15) is 0 Å². The normalized spacial score (nSPS) is 11.4. The minimum atomic E-state index is -0.478. The Hall–Kier alpha value is -4.03. The number of thioether (sulfide) groups is 1. The van der Waals surface area contributed by atoms with Crippen molar-refractivity contribution in [3.05, 3.63) is 120 Å². The number of carbonyl (C=O) groups is 2. The first kappa shape index (κ1) is 25.1. The number of nitrogens with one attached hydrogen (secondary N) is 2. The summed E-state index contributed by atoms with van der Waals surface area (Å²) in [5, 5.41) is 5.50. The third-order valence-corrected chi connectivity index (χ3v) is 6.81. The number of anilines is 2. The average molecular weight is 497 g/mol. The Labute approximate surface area is 215 Å². The molecule has 2 N–H and O–H groups in total. The van der Waals surface area contributed by atoms with Crippen molar-refractivity contribution in [1.82, 2.24) is 0 Å². The molecule has 2 amide bonds. The summed E-state index contributed by atoms with van der Waals surface area (Å²) in [5.74, 6) is 0.345. The Balaban J connectivity index is 1.51. The lowest BCUT2D eigenvalue weighted by Crippen LogP contribution is -2.19. The molecule has 0 fully saturated rings. The molecule has 4 aromatic carbocycles. The molecule has 0 aliphatic carbocycles. The van der Waals surface area contributed by atoms with Crippen LogP contribution in [0.1, 0.15) is 33.7 Å². The predicted octanol–water partition coefficient (Wildman–Crippen LogP) is 7.12. The van der Waals surface area contributed by atoms with Crippen molar-refractivity contribution in [2.45, 2.75) is 24.0 Å². The van der Waals surface area contributed by atoms with E-state index in [-0.39, 0.29) is 11.8 Å². The van der Waals surface area contributed by atoms with Crippen LogP contribution in [0.4, 0.5) is 11.4 Å². The Morgan fingerprint density at radius 2 is 1.47 bits per heavy atom. The summed E-state index contributed by atoms with van der Waals surface area (Å²) in [4.78, 5) is 27.0. The van der Waals surface area contributed by atoms with Gasteiger partial charge in [-0.15, -0.1) is 11.8 Å². The smallest absolute Gasteiger partial charge is 0.255 e. The van der Waals surface area contributed by atoms with Crippen LogP contribution in [0.15, 0.2) is 108 Å². The number of hydrogen-bond donors (Lipinski definition) is 2. The van der Waals surface area contributed by atoms with Gasteiger partial charge in [0.15, 0.2) is 0 Å². The molecule has 0 radical (unpaired) electrons. The van der Waals surface area contributed by atoms with Gasteiger partial charge >= 0.3 is 0 Å². The molecule has 6 heteroatoms. The number of para-hydroxylation sites is 2. The first-order chi connectivity index (χ1) is 17.5. The van der Waals surface area contributed by atoms with Gasteiger partial charge in [-0.25, -0.2) is 0 Å². The molecule has 0 aliphatic heterocycles. The fraction of sp³-hybridized carbons (Fsp3) is 0.133. The molecule has 0 saturated heterocycles. The minimum Gasteiger partial charge on any atom is -0.492 e. The van der Waals surface area contributed by atoms with Crippen molar-refractivity contribution < 1.29 is 14.3 Å². The Bertz CT molecular complexity index is 1320. The summed E-state index contributed by atoms with van der Waals surface area (Å²) >= 11 is 1.45. The van der Waals surface area contributed by atoms with Gasteiger partial charge in [0.25, 0.3) is 5.91 Å². The molecule has 1 unspecified atom stereocenters. The number of rotatable bonds is 9. The summed E-state index contributed by atoms with van der Waals surface area (Å²) in [6, 6.07) is 32.1. The van der Waals surface area contributed by atoms with Crippen LogP contribution in [0.2, 0.25) is 0 Å². The maximum atomic E-state index is 13.4. The summed E-state index contributed by atoms with van der Waals surface area (Å²) in [5.41, 5.74) is 3.79. The van der Waals surface area contributed by atoms with Gasteiger partial charge in [0.1, 0.15) is 11.0 Å². The van der Waals surface area contributed by atoms with E-state index in [2.05, 4.69) is 10.6 Å². The van der Waals surface area contributed by atoms with Gasteiger partial charge in [-0.1, -0.05) is 60.7 Å². The number of ether oxygens (including phenoxy) is 1. The van der Waals surface area contributed by atoms with E-state index >= 15 is 0 Å². The molecular weight excluding hydrogens is 468 g/mol. The van der Waals surface area contributed by atoms with Crippen LogP contribution in [0, 0.1) is 6.92 Å². The zero-order chi connectivity index (χ0) is 25.3. The molecule has 1 atom stereocenters. The zero-order valence-corrected chi connectivity index (χ0v) is 21.0. The highest BCUT2D eigenvalue weighted by Crippen LogP contribution is 2.37. The molecule has 182 valence electrons. The highest BCUT2D eigenvalue weighted by molar-refractivity contribution is 8.00. The van der Waals surface area contributed by atoms with Crippen molar-refractivity contribution in [2.75, 3.05) is 17.2 Å². The third kappa shape index (κ3) is 6.34. The van der Waals surface area contributed by atoms with Gasteiger partial charge in [0.05, 0.1) is 12.3 Å². The van der Waals surface area contributed by atoms with E-state index in [0.29, 0.717) is 29.3 Å². The van der Waals surface area contributed by atoms with Crippen molar-refractivity contribution in [2.24, 2.45) is 0 Å². The SMILES string of the molecule is CCOc1ccccc1NC(=O)C(Sc1ccc(NC(=O)c2ccccc2C)cc1)c1ccccc1. The highest BCUT2D eigenvalue weighted by atomic mass is 32.2. The molecular formula is C30H28N2O3S. The molecule has 0 saturated carbocycles. The average Bonchev–Trinajstić information content (AvgIpc) is 2.90. The van der Waals surface area contributed by atoms with Crippen molar-refractivity contribution in [3.63, 3.8) is 0 Å². The fourth-order valence-corrected chi connectivity index (χ4v) is 4.75. The Kier molecular flexibility index (Phi) is 8.42. The monoisotopic (exact) mass is 496 g/mol. The number of aryl methyl sites for hydroxylation is 1. The van der Waals surface area contributed by atoms with E-state index in [1.165, 1.54) is 11.8 Å². The van der Waals surface area contributed by atoms with Gasteiger partial charge in [0.2, 0.25) is 5.91 Å². The van der Waals surface area contributed by atoms with Crippen molar-refractivity contribution in [3.8, 4) is 5.75 Å². The van der Waals surface area contributed by atoms with Gasteiger partial charge in [0, 0.05) is 16.1 Å². The second-order valence-corrected chi connectivity index (χ2v) is 9.30. The van der Waals surface area contributed by atoms with E-state index in [4.69, 9.17) is 4.74 Å². The van der Waals surface area contributed by atoms with Crippen LogP contribution in [0.5, 0.6) is 5.75 Å². The number of hydrogen-bond acceptors (Lipinski definition) is 4.